The van der Waals surface area contributed by atoms with Crippen molar-refractivity contribution in [3.05, 3.63) is 35.9 Å². The van der Waals surface area contributed by atoms with E-state index in [-0.39, 0.29) is 35.0 Å². The molecule has 0 heterocycles. The van der Waals surface area contributed by atoms with Crippen LogP contribution in [-0.4, -0.2) is 16.6 Å². The van der Waals surface area contributed by atoms with Gasteiger partial charge in [-0.05, 0) is 5.56 Å². The third-order valence-electron chi connectivity index (χ3n) is 1.34. The summed E-state index contributed by atoms with van der Waals surface area (Å²) in [4.78, 5) is 10.1. The minimum absolute atomic E-state index is 0. The number of hydrogen-bond acceptors (Lipinski definition) is 3. The van der Waals surface area contributed by atoms with E-state index in [1.807, 2.05) is 0 Å². The second-order valence-electron chi connectivity index (χ2n) is 2.13. The normalized spacial score (nSPS) is 10.5. The Balaban J connectivity index is 0. The molecule has 4 nitrogen and oxygen atoms in total. The van der Waals surface area contributed by atoms with Crippen molar-refractivity contribution >= 4 is 5.97 Å². The number of aliphatic hydroxyl groups is 1. The monoisotopic (exact) mass is 192 g/mol. The van der Waals surface area contributed by atoms with Crippen LogP contribution in [0.5, 0.6) is 0 Å². The van der Waals surface area contributed by atoms with Crippen molar-refractivity contribution in [1.82, 2.24) is 0 Å². The number of carboxylic acids is 1. The number of rotatable bonds is 2. The van der Waals surface area contributed by atoms with Gasteiger partial charge in [-0.15, -0.1) is 0 Å². The molecule has 1 rings (SSSR count). The number of benzene rings is 1. The van der Waals surface area contributed by atoms with Crippen LogP contribution in [0.15, 0.2) is 30.3 Å². The molecule has 0 aliphatic heterocycles. The molecule has 0 radical (unpaired) electrons. The molecule has 0 saturated heterocycles. The summed E-state index contributed by atoms with van der Waals surface area (Å²) in [7, 11) is 0. The largest absolute Gasteiger partial charge is 1.00 e. The molecular formula is C8H9NaO4. The molecule has 0 aliphatic carbocycles. The van der Waals surface area contributed by atoms with Gasteiger partial charge in [0.2, 0.25) is 0 Å². The van der Waals surface area contributed by atoms with Crippen LogP contribution >= 0.6 is 0 Å². The second kappa shape index (κ2) is 7.06. The van der Waals surface area contributed by atoms with E-state index in [1.54, 1.807) is 18.2 Å². The second-order valence-corrected chi connectivity index (χ2v) is 2.13. The molecule has 0 aromatic heterocycles. The summed E-state index contributed by atoms with van der Waals surface area (Å²) in [5.41, 5.74) is 0.340. The number of carbonyl (C=O) groups is 1. The van der Waals surface area contributed by atoms with Crippen LogP contribution in [-0.2, 0) is 4.79 Å². The Morgan fingerprint density at radius 3 is 2.15 bits per heavy atom. The average molecular weight is 192 g/mol. The molecule has 66 valence electrons. The van der Waals surface area contributed by atoms with Crippen molar-refractivity contribution in [2.45, 2.75) is 6.10 Å². The van der Waals surface area contributed by atoms with Crippen LogP contribution in [0.3, 0.4) is 0 Å². The minimum Gasteiger partial charge on any atom is -0.547 e. The zero-order valence-corrected chi connectivity index (χ0v) is 9.23. The van der Waals surface area contributed by atoms with E-state index in [4.69, 9.17) is 5.11 Å². The molecule has 0 saturated carbocycles. The summed E-state index contributed by atoms with van der Waals surface area (Å²) >= 11 is 0. The first-order valence-electron chi connectivity index (χ1n) is 3.15. The Kier molecular flexibility index (Phi) is 8.20. The van der Waals surface area contributed by atoms with Gasteiger partial charge in [-0.25, -0.2) is 0 Å². The van der Waals surface area contributed by atoms with Gasteiger partial charge in [-0.1, -0.05) is 30.3 Å². The van der Waals surface area contributed by atoms with Gasteiger partial charge in [-0.3, -0.25) is 0 Å². The van der Waals surface area contributed by atoms with E-state index >= 15 is 0 Å². The van der Waals surface area contributed by atoms with Crippen molar-refractivity contribution in [1.29, 1.82) is 0 Å². The molecular weight excluding hydrogens is 183 g/mol. The van der Waals surface area contributed by atoms with Crippen LogP contribution < -0.4 is 34.7 Å². The Morgan fingerprint density at radius 2 is 1.77 bits per heavy atom. The summed E-state index contributed by atoms with van der Waals surface area (Å²) in [6.45, 7) is 0. The molecule has 3 N–H and O–H groups in total. The van der Waals surface area contributed by atoms with E-state index in [0.717, 1.165) is 0 Å². The van der Waals surface area contributed by atoms with Gasteiger partial charge in [0.05, 0.1) is 5.97 Å². The maximum atomic E-state index is 10.1. The first-order chi connectivity index (χ1) is 5.22. The SMILES string of the molecule is O.O=C([O-])C(O)c1ccccc1.[Na+]. The number of carbonyl (C=O) groups excluding carboxylic acids is 1. The fraction of sp³-hybridized carbons (Fsp3) is 0.125. The minimum atomic E-state index is -1.52. The van der Waals surface area contributed by atoms with Crippen LogP contribution in [0.4, 0.5) is 0 Å². The zero-order chi connectivity index (χ0) is 8.27. The molecule has 5 heteroatoms. The predicted molar refractivity (Wildman–Crippen MR) is 40.0 cm³/mol. The maximum absolute atomic E-state index is 10.1. The van der Waals surface area contributed by atoms with Crippen molar-refractivity contribution in [3.8, 4) is 0 Å². The predicted octanol–water partition coefficient (Wildman–Crippen LogP) is -4.35. The van der Waals surface area contributed by atoms with Gasteiger partial charge in [0.15, 0.2) is 0 Å². The van der Waals surface area contributed by atoms with Crippen LogP contribution in [0.2, 0.25) is 0 Å². The van der Waals surface area contributed by atoms with Crippen LogP contribution in [0, 0.1) is 0 Å². The topological polar surface area (TPSA) is 91.9 Å². The summed E-state index contributed by atoms with van der Waals surface area (Å²) in [6, 6.07) is 8.11. The Hall–Kier alpha value is -0.390. The number of aliphatic hydroxyl groups excluding tert-OH is 1. The van der Waals surface area contributed by atoms with E-state index in [0.29, 0.717) is 5.56 Å². The van der Waals surface area contributed by atoms with Crippen molar-refractivity contribution in [2.24, 2.45) is 0 Å². The molecule has 0 aliphatic rings. The number of aliphatic carboxylic acids is 1. The van der Waals surface area contributed by atoms with Gasteiger partial charge in [-0.2, -0.15) is 0 Å². The molecule has 1 atom stereocenters. The number of hydrogen-bond donors (Lipinski definition) is 1. The molecule has 1 aromatic carbocycles. The fourth-order valence-electron chi connectivity index (χ4n) is 0.771. The fourth-order valence-corrected chi connectivity index (χ4v) is 0.771. The van der Waals surface area contributed by atoms with Crippen molar-refractivity contribution in [2.75, 3.05) is 0 Å². The Labute approximate surface area is 97.8 Å². The van der Waals surface area contributed by atoms with Gasteiger partial charge in [0, 0.05) is 0 Å². The molecule has 0 fully saturated rings. The maximum Gasteiger partial charge on any atom is 1.00 e. The molecule has 1 aromatic rings. The van der Waals surface area contributed by atoms with Gasteiger partial charge >= 0.3 is 29.6 Å². The third kappa shape index (κ3) is 4.40. The van der Waals surface area contributed by atoms with Crippen LogP contribution in [0.1, 0.15) is 11.7 Å². The first kappa shape index (κ1) is 15.1. The van der Waals surface area contributed by atoms with Gasteiger partial charge < -0.3 is 20.5 Å². The van der Waals surface area contributed by atoms with Crippen LogP contribution in [0.25, 0.3) is 0 Å². The van der Waals surface area contributed by atoms with Gasteiger partial charge in [0.25, 0.3) is 0 Å². The quantitative estimate of drug-likeness (QED) is 0.480. The Bertz CT molecular complexity index is 250. The van der Waals surface area contributed by atoms with Crippen molar-refractivity contribution in [3.63, 3.8) is 0 Å². The molecule has 13 heavy (non-hydrogen) atoms. The van der Waals surface area contributed by atoms with E-state index in [2.05, 4.69) is 0 Å². The molecule has 0 spiro atoms. The average Bonchev–Trinajstić information content (AvgIpc) is 2.05. The van der Waals surface area contributed by atoms with E-state index in [1.165, 1.54) is 12.1 Å². The standard InChI is InChI=1S/C8H8O3.Na.H2O/c9-7(8(10)11)6-4-2-1-3-5-6;;/h1-5,7,9H,(H,10,11);;1H2/q;+1;/p-1. The molecule has 0 amide bonds. The molecule has 0 bridgehead atoms. The molecule has 1 unspecified atom stereocenters. The van der Waals surface area contributed by atoms with E-state index < -0.39 is 12.1 Å². The summed E-state index contributed by atoms with van der Waals surface area (Å²) in [6.07, 6.45) is -1.52. The van der Waals surface area contributed by atoms with Gasteiger partial charge in [0.1, 0.15) is 6.10 Å². The smallest absolute Gasteiger partial charge is 0.547 e. The summed E-state index contributed by atoms with van der Waals surface area (Å²) < 4.78 is 0. The summed E-state index contributed by atoms with van der Waals surface area (Å²) in [5, 5.41) is 19.1. The Morgan fingerprint density at radius 1 is 1.31 bits per heavy atom. The van der Waals surface area contributed by atoms with E-state index in [9.17, 15) is 9.90 Å². The zero-order valence-electron chi connectivity index (χ0n) is 7.23. The first-order valence-corrected chi connectivity index (χ1v) is 3.15. The third-order valence-corrected chi connectivity index (χ3v) is 1.34. The summed E-state index contributed by atoms with van der Waals surface area (Å²) in [5.74, 6) is -1.48. The van der Waals surface area contributed by atoms with Crippen molar-refractivity contribution < 1.29 is 50.0 Å². The number of carboxylic acid groups (broad SMARTS) is 1.